The minimum atomic E-state index is 0. The Morgan fingerprint density at radius 3 is 0.621 bits per heavy atom. The molecule has 4 aliphatic rings. The van der Waals surface area contributed by atoms with Crippen molar-refractivity contribution in [3.05, 3.63) is 144 Å². The quantitative estimate of drug-likeness (QED) is 0.0853. The zero-order valence-corrected chi connectivity index (χ0v) is 38.6. The van der Waals surface area contributed by atoms with Gasteiger partial charge < -0.3 is 45.9 Å². The van der Waals surface area contributed by atoms with Crippen molar-refractivity contribution >= 4 is 23.3 Å². The molecular formula is C48H64CoN12O5. The van der Waals surface area contributed by atoms with Crippen LogP contribution >= 0.6 is 0 Å². The van der Waals surface area contributed by atoms with Crippen LogP contribution in [0, 0.1) is 0 Å². The van der Waals surface area contributed by atoms with Crippen LogP contribution in [0.2, 0.25) is 0 Å². The van der Waals surface area contributed by atoms with E-state index in [9.17, 15) is 20.8 Å². The monoisotopic (exact) mass is 947 g/mol. The molecular weight excluding hydrogens is 884 g/mol. The first-order valence-electron chi connectivity index (χ1n) is 22.5. The third-order valence-electron chi connectivity index (χ3n) is 12.5. The summed E-state index contributed by atoms with van der Waals surface area (Å²) in [5.41, 5.74) is 5.18. The number of benzene rings is 4. The molecule has 18 heteroatoms. The van der Waals surface area contributed by atoms with Crippen LogP contribution in [0.15, 0.2) is 142 Å². The van der Waals surface area contributed by atoms with Gasteiger partial charge in [0, 0.05) is 131 Å². The fourth-order valence-corrected chi connectivity index (χ4v) is 8.84. The number of rotatable bonds is 8. The first kappa shape index (κ1) is 51.3. The number of piperazine rings is 4. The van der Waals surface area contributed by atoms with Gasteiger partial charge in [-0.1, -0.05) is 142 Å². The van der Waals surface area contributed by atoms with E-state index in [1.807, 2.05) is 43.9 Å². The molecule has 4 aromatic rings. The predicted molar refractivity (Wildman–Crippen MR) is 251 cm³/mol. The Balaban J connectivity index is 0.000000240. The van der Waals surface area contributed by atoms with Gasteiger partial charge in [0.1, 0.15) is 0 Å². The second-order valence-corrected chi connectivity index (χ2v) is 16.7. The minimum absolute atomic E-state index is 0. The first-order chi connectivity index (χ1) is 31.5. The van der Waals surface area contributed by atoms with E-state index < -0.39 is 0 Å². The zero-order chi connectivity index (χ0) is 44.4. The zero-order valence-electron chi connectivity index (χ0n) is 37.6. The van der Waals surface area contributed by atoms with Gasteiger partial charge in [-0.2, -0.15) is 0 Å². The topological polar surface area (TPSA) is 185 Å². The summed E-state index contributed by atoms with van der Waals surface area (Å²) < 4.78 is 0. The third-order valence-corrected chi connectivity index (χ3v) is 12.5. The van der Waals surface area contributed by atoms with Crippen LogP contribution in [-0.4, -0.2) is 188 Å². The van der Waals surface area contributed by atoms with Gasteiger partial charge in [-0.3, -0.25) is 19.6 Å². The molecule has 0 aliphatic carbocycles. The van der Waals surface area contributed by atoms with Crippen LogP contribution in [0.4, 0.5) is 0 Å². The van der Waals surface area contributed by atoms with Gasteiger partial charge in [0.2, 0.25) is 23.3 Å². The number of oxime groups is 4. The van der Waals surface area contributed by atoms with Crippen molar-refractivity contribution in [1.29, 1.82) is 0 Å². The summed E-state index contributed by atoms with van der Waals surface area (Å²) in [6, 6.07) is 41.7. The maximum Gasteiger partial charge on any atom is 2.00 e. The van der Waals surface area contributed by atoms with Crippen LogP contribution in [0.5, 0.6) is 0 Å². The number of amidine groups is 4. The van der Waals surface area contributed by atoms with Crippen molar-refractivity contribution in [3.8, 4) is 0 Å². The van der Waals surface area contributed by atoms with Gasteiger partial charge in [-0.05, 0) is 22.3 Å². The van der Waals surface area contributed by atoms with Gasteiger partial charge in [-0.15, -0.1) is 0 Å². The Kier molecular flexibility index (Phi) is 21.0. The van der Waals surface area contributed by atoms with Crippen molar-refractivity contribution in [1.82, 2.24) is 39.2 Å². The van der Waals surface area contributed by atoms with Crippen molar-refractivity contribution in [2.24, 2.45) is 20.6 Å². The van der Waals surface area contributed by atoms with Crippen molar-refractivity contribution in [2.45, 2.75) is 26.2 Å². The SMILES string of the molecule is O/N=C(/C(=N/O)N1CCN(Cc2ccccc2)CC1)N1CCN(Cc2ccccc2)CC1.O/N=C(/C(=N/O)N1CCN(Cc2ccccc2)CC1)N1CCN(Cc2ccccc2)CC1.[Co+2].[O-2]. The summed E-state index contributed by atoms with van der Waals surface area (Å²) in [4.78, 5) is 17.6. The molecule has 4 N–H and O–H groups in total. The Morgan fingerprint density at radius 1 is 0.303 bits per heavy atom. The molecule has 0 spiro atoms. The molecule has 0 aromatic heterocycles. The molecule has 4 saturated heterocycles. The Morgan fingerprint density at radius 2 is 0.470 bits per heavy atom. The third kappa shape index (κ3) is 14.6. The molecule has 4 heterocycles. The van der Waals surface area contributed by atoms with Crippen LogP contribution < -0.4 is 0 Å². The molecule has 17 nitrogen and oxygen atoms in total. The standard InChI is InChI=1S/2C24H32N6O2.Co.O/c2*31-25-23(29-15-11-27(12-16-29)19-21-7-3-1-4-8-21)24(26-32)30-17-13-28(14-18-30)20-22-9-5-2-6-10-22;;/h2*1-10,31-32H,11-20H2;;/q;;+2;-2/b2*25-23-,26-24-;;. The smallest absolute Gasteiger partial charge is 2.00 e. The molecule has 355 valence electrons. The van der Waals surface area contributed by atoms with E-state index in [4.69, 9.17) is 0 Å². The molecule has 4 aliphatic heterocycles. The van der Waals surface area contributed by atoms with Crippen LogP contribution in [0.1, 0.15) is 22.3 Å². The van der Waals surface area contributed by atoms with Crippen molar-refractivity contribution in [2.75, 3.05) is 105 Å². The summed E-state index contributed by atoms with van der Waals surface area (Å²) >= 11 is 0. The average molecular weight is 948 g/mol. The molecule has 0 atom stereocenters. The normalized spacial score (nSPS) is 18.8. The Labute approximate surface area is 399 Å². The Bertz CT molecular complexity index is 1790. The first-order valence-corrected chi connectivity index (χ1v) is 22.5. The number of hydrogen-bond donors (Lipinski definition) is 4. The second-order valence-electron chi connectivity index (χ2n) is 16.7. The van der Waals surface area contributed by atoms with Gasteiger partial charge in [-0.25, -0.2) is 0 Å². The summed E-state index contributed by atoms with van der Waals surface area (Å²) in [6.45, 7) is 16.3. The average Bonchev–Trinajstić information content (AvgIpc) is 3.35. The molecule has 1 radical (unpaired) electrons. The minimum Gasteiger partial charge on any atom is -2.00 e. The largest absolute Gasteiger partial charge is 2.00 e. The van der Waals surface area contributed by atoms with Gasteiger partial charge in [0.25, 0.3) is 0 Å². The molecule has 0 amide bonds. The summed E-state index contributed by atoms with van der Waals surface area (Å²) in [5.74, 6) is 1.40. The van der Waals surface area contributed by atoms with Crippen LogP contribution in [-0.2, 0) is 48.4 Å². The summed E-state index contributed by atoms with van der Waals surface area (Å²) in [7, 11) is 0. The van der Waals surface area contributed by atoms with Gasteiger partial charge >= 0.3 is 16.8 Å². The van der Waals surface area contributed by atoms with Gasteiger partial charge in [0.15, 0.2) is 0 Å². The Hall–Kier alpha value is -5.73. The molecule has 4 fully saturated rings. The number of hydrogen-bond acceptors (Lipinski definition) is 12. The van der Waals surface area contributed by atoms with E-state index >= 15 is 0 Å². The fourth-order valence-electron chi connectivity index (χ4n) is 8.84. The maximum absolute atomic E-state index is 9.76. The van der Waals surface area contributed by atoms with Gasteiger partial charge in [0.05, 0.1) is 0 Å². The second kappa shape index (κ2) is 27.0. The van der Waals surface area contributed by atoms with E-state index in [0.717, 1.165) is 131 Å². The summed E-state index contributed by atoms with van der Waals surface area (Å²) in [5, 5.41) is 53.2. The van der Waals surface area contributed by atoms with Crippen molar-refractivity contribution in [3.63, 3.8) is 0 Å². The van der Waals surface area contributed by atoms with Crippen molar-refractivity contribution < 1.29 is 43.1 Å². The molecule has 66 heavy (non-hydrogen) atoms. The summed E-state index contributed by atoms with van der Waals surface area (Å²) in [6.07, 6.45) is 0. The van der Waals surface area contributed by atoms with E-state index in [1.165, 1.54) is 22.3 Å². The molecule has 0 saturated carbocycles. The van der Waals surface area contributed by atoms with E-state index in [0.29, 0.717) is 23.3 Å². The molecule has 4 aromatic carbocycles. The maximum atomic E-state index is 9.76. The van der Waals surface area contributed by atoms with Crippen LogP contribution in [0.25, 0.3) is 0 Å². The molecule has 0 bridgehead atoms. The van der Waals surface area contributed by atoms with E-state index in [2.05, 4.69) is 137 Å². The van der Waals surface area contributed by atoms with E-state index in [1.54, 1.807) is 0 Å². The molecule has 0 unspecified atom stereocenters. The predicted octanol–water partition coefficient (Wildman–Crippen LogP) is 4.27. The number of nitrogens with zero attached hydrogens (tertiary/aromatic N) is 12. The molecule has 8 rings (SSSR count). The van der Waals surface area contributed by atoms with Crippen LogP contribution in [0.3, 0.4) is 0 Å². The fraction of sp³-hybridized carbons (Fsp3) is 0.417. The van der Waals surface area contributed by atoms with E-state index in [-0.39, 0.29) is 22.3 Å².